The van der Waals surface area contributed by atoms with Gasteiger partial charge in [0.2, 0.25) is 0 Å². The van der Waals surface area contributed by atoms with E-state index in [2.05, 4.69) is 6.92 Å². The Kier molecular flexibility index (Phi) is 4.30. The molecule has 0 heterocycles. The van der Waals surface area contributed by atoms with Crippen LogP contribution in [0.15, 0.2) is 18.2 Å². The molecule has 1 aromatic rings. The monoisotopic (exact) mass is 262 g/mol. The number of methoxy groups -OCH3 is 1. The topological polar surface area (TPSA) is 55.6 Å². The van der Waals surface area contributed by atoms with Crippen molar-refractivity contribution in [3.8, 4) is 5.75 Å². The van der Waals surface area contributed by atoms with E-state index in [1.165, 1.54) is 12.8 Å². The van der Waals surface area contributed by atoms with Gasteiger partial charge in [0.25, 0.3) is 5.91 Å². The minimum Gasteiger partial charge on any atom is -0.496 e. The van der Waals surface area contributed by atoms with Gasteiger partial charge in [-0.1, -0.05) is 13.0 Å². The van der Waals surface area contributed by atoms with E-state index in [0.717, 1.165) is 19.5 Å². The second-order valence-electron chi connectivity index (χ2n) is 5.12. The average Bonchev–Trinajstić information content (AvgIpc) is 3.21. The molecule has 2 N–H and O–H groups in total. The Balaban J connectivity index is 2.24. The molecule has 0 aromatic heterocycles. The normalized spacial score (nSPS) is 14.2. The van der Waals surface area contributed by atoms with E-state index in [1.807, 2.05) is 4.90 Å². The summed E-state index contributed by atoms with van der Waals surface area (Å²) in [7, 11) is 1.57. The van der Waals surface area contributed by atoms with Crippen LogP contribution in [0.5, 0.6) is 5.75 Å². The minimum atomic E-state index is -0.0105. The Labute approximate surface area is 114 Å². The predicted molar refractivity (Wildman–Crippen MR) is 76.3 cm³/mol. The Hall–Kier alpha value is -1.71. The molecule has 0 bridgehead atoms. The molecule has 104 valence electrons. The zero-order valence-corrected chi connectivity index (χ0v) is 11.7. The van der Waals surface area contributed by atoms with Gasteiger partial charge in [0, 0.05) is 18.8 Å². The highest BCUT2D eigenvalue weighted by molar-refractivity contribution is 6.01. The van der Waals surface area contributed by atoms with Crippen LogP contribution in [0.25, 0.3) is 0 Å². The van der Waals surface area contributed by atoms with Crippen molar-refractivity contribution < 1.29 is 9.53 Å². The van der Waals surface area contributed by atoms with Crippen molar-refractivity contribution in [2.45, 2.75) is 26.2 Å². The third-order valence-corrected chi connectivity index (χ3v) is 3.45. The van der Waals surface area contributed by atoms with Crippen molar-refractivity contribution >= 4 is 11.6 Å². The van der Waals surface area contributed by atoms with Gasteiger partial charge in [0.1, 0.15) is 11.3 Å². The second kappa shape index (κ2) is 5.95. The highest BCUT2D eigenvalue weighted by atomic mass is 16.5. The molecule has 4 heteroatoms. The molecule has 1 fully saturated rings. The molecule has 1 aromatic carbocycles. The van der Waals surface area contributed by atoms with Gasteiger partial charge in [-0.15, -0.1) is 0 Å². The molecule has 0 saturated heterocycles. The van der Waals surface area contributed by atoms with Crippen LogP contribution in [-0.4, -0.2) is 31.0 Å². The molecular weight excluding hydrogens is 240 g/mol. The van der Waals surface area contributed by atoms with Gasteiger partial charge >= 0.3 is 0 Å². The number of hydrogen-bond donors (Lipinski definition) is 1. The van der Waals surface area contributed by atoms with Crippen molar-refractivity contribution in [3.63, 3.8) is 0 Å². The molecule has 0 unspecified atom stereocenters. The van der Waals surface area contributed by atoms with Crippen LogP contribution < -0.4 is 10.5 Å². The summed E-state index contributed by atoms with van der Waals surface area (Å²) in [5.41, 5.74) is 6.94. The molecule has 1 aliphatic carbocycles. The Bertz CT molecular complexity index is 455. The number of ether oxygens (including phenoxy) is 1. The maximum absolute atomic E-state index is 12.7. The number of carbonyl (C=O) groups is 1. The summed E-state index contributed by atoms with van der Waals surface area (Å²) < 4.78 is 5.27. The zero-order valence-electron chi connectivity index (χ0n) is 11.7. The Morgan fingerprint density at radius 3 is 2.79 bits per heavy atom. The fourth-order valence-corrected chi connectivity index (χ4v) is 2.26. The lowest BCUT2D eigenvalue weighted by molar-refractivity contribution is 0.0745. The number of amides is 1. The van der Waals surface area contributed by atoms with Crippen LogP contribution in [0.1, 0.15) is 36.5 Å². The molecule has 0 atom stereocenters. The van der Waals surface area contributed by atoms with Crippen molar-refractivity contribution in [1.29, 1.82) is 0 Å². The number of carbonyl (C=O) groups excluding carboxylic acids is 1. The maximum Gasteiger partial charge on any atom is 0.259 e. The Morgan fingerprint density at radius 1 is 1.47 bits per heavy atom. The molecule has 1 aliphatic rings. The van der Waals surface area contributed by atoms with Gasteiger partial charge in [0.05, 0.1) is 7.11 Å². The van der Waals surface area contributed by atoms with Crippen molar-refractivity contribution in [2.75, 3.05) is 25.9 Å². The molecule has 4 nitrogen and oxygen atoms in total. The summed E-state index contributed by atoms with van der Waals surface area (Å²) in [6, 6.07) is 5.33. The Morgan fingerprint density at radius 2 is 2.21 bits per heavy atom. The fraction of sp³-hybridized carbons (Fsp3) is 0.533. The first kappa shape index (κ1) is 13.7. The van der Waals surface area contributed by atoms with Gasteiger partial charge in [-0.2, -0.15) is 0 Å². The largest absolute Gasteiger partial charge is 0.496 e. The molecule has 1 amide bonds. The first-order valence-electron chi connectivity index (χ1n) is 6.89. The van der Waals surface area contributed by atoms with E-state index < -0.39 is 0 Å². The third kappa shape index (κ3) is 3.19. The number of nitrogen functional groups attached to an aromatic ring is 1. The molecular formula is C15H22N2O2. The first-order chi connectivity index (χ1) is 9.17. The van der Waals surface area contributed by atoms with Gasteiger partial charge in [-0.25, -0.2) is 0 Å². The van der Waals surface area contributed by atoms with Crippen LogP contribution >= 0.6 is 0 Å². The van der Waals surface area contributed by atoms with E-state index in [1.54, 1.807) is 25.3 Å². The predicted octanol–water partition coefficient (Wildman–Crippen LogP) is 2.54. The summed E-state index contributed by atoms with van der Waals surface area (Å²) in [6.45, 7) is 3.69. The van der Waals surface area contributed by atoms with Crippen molar-refractivity contribution in [3.05, 3.63) is 23.8 Å². The quantitative estimate of drug-likeness (QED) is 0.801. The minimum absolute atomic E-state index is 0.0105. The number of nitrogens with zero attached hydrogens (tertiary/aromatic N) is 1. The molecule has 1 saturated carbocycles. The van der Waals surface area contributed by atoms with Crippen LogP contribution in [0, 0.1) is 5.92 Å². The molecule has 0 aliphatic heterocycles. The van der Waals surface area contributed by atoms with Gasteiger partial charge < -0.3 is 15.4 Å². The SMILES string of the molecule is CCCN(CC1CC1)C(=O)c1c(N)cccc1OC. The highest BCUT2D eigenvalue weighted by Gasteiger charge is 2.28. The average molecular weight is 262 g/mol. The summed E-state index contributed by atoms with van der Waals surface area (Å²) in [6.07, 6.45) is 3.41. The zero-order chi connectivity index (χ0) is 13.8. The second-order valence-corrected chi connectivity index (χ2v) is 5.12. The van der Waals surface area contributed by atoms with E-state index in [4.69, 9.17) is 10.5 Å². The van der Waals surface area contributed by atoms with Crippen LogP contribution in [0.4, 0.5) is 5.69 Å². The van der Waals surface area contributed by atoms with Gasteiger partial charge in [-0.05, 0) is 37.3 Å². The molecule has 19 heavy (non-hydrogen) atoms. The van der Waals surface area contributed by atoms with E-state index >= 15 is 0 Å². The lowest BCUT2D eigenvalue weighted by Crippen LogP contribution is -2.34. The number of rotatable bonds is 6. The molecule has 0 spiro atoms. The van der Waals surface area contributed by atoms with E-state index in [0.29, 0.717) is 22.9 Å². The van der Waals surface area contributed by atoms with Crippen molar-refractivity contribution in [2.24, 2.45) is 5.92 Å². The smallest absolute Gasteiger partial charge is 0.259 e. The number of hydrogen-bond acceptors (Lipinski definition) is 3. The van der Waals surface area contributed by atoms with E-state index in [-0.39, 0.29) is 5.91 Å². The fourth-order valence-electron chi connectivity index (χ4n) is 2.26. The van der Waals surface area contributed by atoms with Gasteiger partial charge in [0.15, 0.2) is 0 Å². The lowest BCUT2D eigenvalue weighted by atomic mass is 10.1. The lowest BCUT2D eigenvalue weighted by Gasteiger charge is -2.23. The highest BCUT2D eigenvalue weighted by Crippen LogP contribution is 2.32. The molecule has 0 radical (unpaired) electrons. The van der Waals surface area contributed by atoms with Gasteiger partial charge in [-0.3, -0.25) is 4.79 Å². The third-order valence-electron chi connectivity index (χ3n) is 3.45. The van der Waals surface area contributed by atoms with E-state index in [9.17, 15) is 4.79 Å². The first-order valence-corrected chi connectivity index (χ1v) is 6.89. The number of nitrogens with two attached hydrogens (primary N) is 1. The molecule has 2 rings (SSSR count). The number of anilines is 1. The van der Waals surface area contributed by atoms with Crippen LogP contribution in [0.3, 0.4) is 0 Å². The van der Waals surface area contributed by atoms with Crippen molar-refractivity contribution in [1.82, 2.24) is 4.90 Å². The summed E-state index contributed by atoms with van der Waals surface area (Å²) in [5, 5.41) is 0. The summed E-state index contributed by atoms with van der Waals surface area (Å²) in [4.78, 5) is 14.6. The van der Waals surface area contributed by atoms with Crippen LogP contribution in [-0.2, 0) is 0 Å². The van der Waals surface area contributed by atoms with Crippen LogP contribution in [0.2, 0.25) is 0 Å². The maximum atomic E-state index is 12.7. The number of benzene rings is 1. The standard InChI is InChI=1S/C15H22N2O2/c1-3-9-17(10-11-7-8-11)15(18)14-12(16)5-4-6-13(14)19-2/h4-6,11H,3,7-10,16H2,1-2H3. The summed E-state index contributed by atoms with van der Waals surface area (Å²) in [5.74, 6) is 1.22. The summed E-state index contributed by atoms with van der Waals surface area (Å²) >= 11 is 0.